The molecule has 0 bridgehead atoms. The van der Waals surface area contributed by atoms with Crippen LogP contribution in [-0.2, 0) is 10.9 Å². The van der Waals surface area contributed by atoms with E-state index in [1.807, 2.05) is 0 Å². The van der Waals surface area contributed by atoms with Crippen LogP contribution in [0.3, 0.4) is 0 Å². The number of aryl methyl sites for hydroxylation is 1. The van der Waals surface area contributed by atoms with Gasteiger partial charge in [-0.1, -0.05) is 11.6 Å². The third-order valence-corrected chi connectivity index (χ3v) is 3.24. The van der Waals surface area contributed by atoms with E-state index in [9.17, 15) is 28.1 Å². The second-order valence-corrected chi connectivity index (χ2v) is 5.03. The lowest BCUT2D eigenvalue weighted by atomic mass is 10.1. The number of hydrogen-bond donors (Lipinski definition) is 0. The van der Waals surface area contributed by atoms with Crippen LogP contribution in [0.4, 0.5) is 18.9 Å². The highest BCUT2D eigenvalue weighted by Gasteiger charge is 2.35. The lowest BCUT2D eigenvalue weighted by molar-refractivity contribution is -0.385. The molecule has 0 saturated heterocycles. The summed E-state index contributed by atoms with van der Waals surface area (Å²) in [5.41, 5.74) is -1.58. The van der Waals surface area contributed by atoms with Gasteiger partial charge in [-0.05, 0) is 25.1 Å². The molecule has 6 nitrogen and oxygen atoms in total. The summed E-state index contributed by atoms with van der Waals surface area (Å²) in [6.07, 6.45) is -4.65. The van der Waals surface area contributed by atoms with Crippen molar-refractivity contribution in [2.24, 2.45) is 0 Å². The summed E-state index contributed by atoms with van der Waals surface area (Å²) in [7, 11) is 1.03. The number of rotatable bonds is 4. The molecule has 0 aromatic heterocycles. The maximum Gasteiger partial charge on any atom is 0.419 e. The van der Waals surface area contributed by atoms with Gasteiger partial charge in [0.2, 0.25) is 0 Å². The van der Waals surface area contributed by atoms with E-state index in [0.29, 0.717) is 5.56 Å². The van der Waals surface area contributed by atoms with Crippen LogP contribution >= 0.6 is 0 Å². The van der Waals surface area contributed by atoms with Gasteiger partial charge in [0.1, 0.15) is 17.1 Å². The normalized spacial score (nSPS) is 11.1. The Bertz CT molecular complexity index is 833. The lowest BCUT2D eigenvalue weighted by Gasteiger charge is -2.14. The number of benzene rings is 2. The third kappa shape index (κ3) is 4.06. The molecule has 0 aliphatic carbocycles. The van der Waals surface area contributed by atoms with Gasteiger partial charge in [0.15, 0.2) is 0 Å². The average molecular weight is 355 g/mol. The van der Waals surface area contributed by atoms with E-state index >= 15 is 0 Å². The number of methoxy groups -OCH3 is 1. The number of ether oxygens (including phenoxy) is 2. The fourth-order valence-corrected chi connectivity index (χ4v) is 2.09. The molecule has 0 spiro atoms. The third-order valence-electron chi connectivity index (χ3n) is 3.24. The number of alkyl halides is 3. The Hall–Kier alpha value is -3.10. The molecule has 132 valence electrons. The van der Waals surface area contributed by atoms with E-state index in [4.69, 9.17) is 4.74 Å². The SMILES string of the molecule is COC(=O)c1cc(Oc2ccc(C)cc2C(F)(F)F)ccc1[N+](=O)[O-]. The van der Waals surface area contributed by atoms with E-state index in [2.05, 4.69) is 4.74 Å². The first-order chi connectivity index (χ1) is 11.6. The number of halogens is 3. The van der Waals surface area contributed by atoms with E-state index < -0.39 is 39.6 Å². The summed E-state index contributed by atoms with van der Waals surface area (Å²) in [5.74, 6) is -1.65. The number of nitro groups is 1. The zero-order valence-corrected chi connectivity index (χ0v) is 13.1. The molecule has 2 rings (SSSR count). The summed E-state index contributed by atoms with van der Waals surface area (Å²) in [5, 5.41) is 10.9. The topological polar surface area (TPSA) is 78.7 Å². The van der Waals surface area contributed by atoms with Crippen LogP contribution < -0.4 is 4.74 Å². The maximum absolute atomic E-state index is 13.1. The van der Waals surface area contributed by atoms with Gasteiger partial charge in [0.25, 0.3) is 5.69 Å². The smallest absolute Gasteiger partial charge is 0.419 e. The van der Waals surface area contributed by atoms with Crippen LogP contribution in [0.25, 0.3) is 0 Å². The van der Waals surface area contributed by atoms with Gasteiger partial charge in [-0.15, -0.1) is 0 Å². The summed E-state index contributed by atoms with van der Waals surface area (Å²) >= 11 is 0. The maximum atomic E-state index is 13.1. The van der Waals surface area contributed by atoms with Crippen molar-refractivity contribution in [1.29, 1.82) is 0 Å². The van der Waals surface area contributed by atoms with Crippen molar-refractivity contribution in [3.63, 3.8) is 0 Å². The summed E-state index contributed by atoms with van der Waals surface area (Å²) in [4.78, 5) is 21.8. The minimum atomic E-state index is -4.65. The Balaban J connectivity index is 2.48. The molecular weight excluding hydrogens is 343 g/mol. The van der Waals surface area contributed by atoms with Crippen molar-refractivity contribution >= 4 is 11.7 Å². The molecule has 2 aromatic carbocycles. The number of nitro benzene ring substituents is 1. The number of carbonyl (C=O) groups excluding carboxylic acids is 1. The van der Waals surface area contributed by atoms with Gasteiger partial charge in [0.05, 0.1) is 17.6 Å². The predicted octanol–water partition coefficient (Wildman–Crippen LogP) is 4.50. The number of hydrogen-bond acceptors (Lipinski definition) is 5. The molecule has 0 fully saturated rings. The Morgan fingerprint density at radius 3 is 2.40 bits per heavy atom. The van der Waals surface area contributed by atoms with Crippen LogP contribution in [0, 0.1) is 17.0 Å². The molecule has 25 heavy (non-hydrogen) atoms. The molecule has 0 unspecified atom stereocenters. The Morgan fingerprint density at radius 1 is 1.16 bits per heavy atom. The van der Waals surface area contributed by atoms with Gasteiger partial charge in [-0.3, -0.25) is 10.1 Å². The van der Waals surface area contributed by atoms with E-state index in [0.717, 1.165) is 37.4 Å². The Labute approximate surface area is 139 Å². The van der Waals surface area contributed by atoms with E-state index in [1.54, 1.807) is 0 Å². The van der Waals surface area contributed by atoms with Gasteiger partial charge in [-0.2, -0.15) is 13.2 Å². The molecule has 0 amide bonds. The van der Waals surface area contributed by atoms with E-state index in [1.165, 1.54) is 13.0 Å². The molecular formula is C16H12F3NO5. The first-order valence-electron chi connectivity index (χ1n) is 6.86. The fraction of sp³-hybridized carbons (Fsp3) is 0.188. The van der Waals surface area contributed by atoms with Crippen LogP contribution in [0.5, 0.6) is 11.5 Å². The van der Waals surface area contributed by atoms with Crippen LogP contribution in [-0.4, -0.2) is 18.0 Å². The van der Waals surface area contributed by atoms with E-state index in [-0.39, 0.29) is 5.75 Å². The monoisotopic (exact) mass is 355 g/mol. The number of esters is 1. The number of carbonyl (C=O) groups is 1. The standard InChI is InChI=1S/C16H12F3NO5/c1-9-3-6-14(12(7-9)16(17,18)19)25-10-4-5-13(20(22)23)11(8-10)15(21)24-2/h3-8H,1-2H3. The molecule has 0 N–H and O–H groups in total. The van der Waals surface area contributed by atoms with Crippen molar-refractivity contribution in [3.05, 3.63) is 63.2 Å². The van der Waals surface area contributed by atoms with Crippen LogP contribution in [0.2, 0.25) is 0 Å². The highest BCUT2D eigenvalue weighted by Crippen LogP contribution is 2.39. The first-order valence-corrected chi connectivity index (χ1v) is 6.86. The minimum absolute atomic E-state index is 0.166. The molecule has 0 heterocycles. The molecule has 0 saturated carbocycles. The van der Waals surface area contributed by atoms with Gasteiger partial charge in [0, 0.05) is 12.1 Å². The van der Waals surface area contributed by atoms with Crippen molar-refractivity contribution in [2.75, 3.05) is 7.11 Å². The largest absolute Gasteiger partial charge is 0.465 e. The zero-order chi connectivity index (χ0) is 18.8. The summed E-state index contributed by atoms with van der Waals surface area (Å²) < 4.78 is 49.0. The molecule has 0 aliphatic heterocycles. The highest BCUT2D eigenvalue weighted by molar-refractivity contribution is 5.94. The molecule has 0 radical (unpaired) electrons. The molecule has 9 heteroatoms. The molecule has 0 atom stereocenters. The fourth-order valence-electron chi connectivity index (χ4n) is 2.09. The Kier molecular flexibility index (Phi) is 4.96. The summed E-state index contributed by atoms with van der Waals surface area (Å²) in [6, 6.07) is 6.51. The van der Waals surface area contributed by atoms with Gasteiger partial charge >= 0.3 is 12.1 Å². The molecule has 0 aliphatic rings. The predicted molar refractivity (Wildman–Crippen MR) is 80.7 cm³/mol. The number of nitrogens with zero attached hydrogens (tertiary/aromatic N) is 1. The van der Waals surface area contributed by atoms with Gasteiger partial charge < -0.3 is 9.47 Å². The van der Waals surface area contributed by atoms with Crippen molar-refractivity contribution in [3.8, 4) is 11.5 Å². The van der Waals surface area contributed by atoms with Gasteiger partial charge in [-0.25, -0.2) is 4.79 Å². The second kappa shape index (κ2) is 6.80. The van der Waals surface area contributed by atoms with Crippen molar-refractivity contribution in [2.45, 2.75) is 13.1 Å². The second-order valence-electron chi connectivity index (χ2n) is 5.03. The Morgan fingerprint density at radius 2 is 1.84 bits per heavy atom. The average Bonchev–Trinajstić information content (AvgIpc) is 2.54. The van der Waals surface area contributed by atoms with Crippen molar-refractivity contribution < 1.29 is 32.4 Å². The van der Waals surface area contributed by atoms with Crippen molar-refractivity contribution in [1.82, 2.24) is 0 Å². The quantitative estimate of drug-likeness (QED) is 0.458. The molecule has 2 aromatic rings. The lowest BCUT2D eigenvalue weighted by Crippen LogP contribution is -2.08. The first kappa shape index (κ1) is 18.2. The van der Waals surface area contributed by atoms with Crippen LogP contribution in [0.15, 0.2) is 36.4 Å². The van der Waals surface area contributed by atoms with Crippen LogP contribution in [0.1, 0.15) is 21.5 Å². The minimum Gasteiger partial charge on any atom is -0.465 e. The summed E-state index contributed by atoms with van der Waals surface area (Å²) in [6.45, 7) is 1.50. The zero-order valence-electron chi connectivity index (χ0n) is 13.1. The highest BCUT2D eigenvalue weighted by atomic mass is 19.4.